The summed E-state index contributed by atoms with van der Waals surface area (Å²) in [5.41, 5.74) is 0.976. The van der Waals surface area contributed by atoms with Crippen LogP contribution in [0.5, 0.6) is 0 Å². The molecule has 0 aliphatic rings. The summed E-state index contributed by atoms with van der Waals surface area (Å²) in [4.78, 5) is 0. The molecule has 0 aliphatic carbocycles. The van der Waals surface area contributed by atoms with Crippen LogP contribution < -0.4 is 5.36 Å². The minimum absolute atomic E-state index is 0.501. The monoisotopic (exact) mass is 281 g/mol. The first-order chi connectivity index (χ1) is 9.78. The van der Waals surface area contributed by atoms with E-state index in [1.54, 1.807) is 4.68 Å². The summed E-state index contributed by atoms with van der Waals surface area (Å²) in [5, 5.41) is 7.14. The predicted molar refractivity (Wildman–Crippen MR) is 81.2 cm³/mol. The average molecular weight is 282 g/mol. The molecule has 20 heavy (non-hydrogen) atoms. The van der Waals surface area contributed by atoms with Gasteiger partial charge < -0.3 is 4.57 Å². The van der Waals surface area contributed by atoms with Gasteiger partial charge in [0, 0.05) is 29.0 Å². The molecule has 0 aliphatic heterocycles. The molecule has 98 valence electrons. The molecule has 3 nitrogen and oxygen atoms in total. The number of benzene rings is 1. The van der Waals surface area contributed by atoms with Crippen LogP contribution in [0.15, 0.2) is 60.1 Å². The minimum Gasteiger partial charge on any atom is -0.336 e. The maximum Gasteiger partial charge on any atom is 0.0947 e. The Bertz CT molecular complexity index is 852. The van der Waals surface area contributed by atoms with Gasteiger partial charge >= 0.3 is 0 Å². The first-order valence-electron chi connectivity index (χ1n) is 6.18. The number of rotatable bonds is 2. The van der Waals surface area contributed by atoms with Crippen molar-refractivity contribution >= 4 is 22.5 Å². The number of hydrogen-bond donors (Lipinski definition) is 0. The van der Waals surface area contributed by atoms with E-state index in [9.17, 15) is 0 Å². The summed E-state index contributed by atoms with van der Waals surface area (Å²) in [6.45, 7) is 0.501. The molecular formula is C16H12ClN3. The Balaban J connectivity index is 2.31. The van der Waals surface area contributed by atoms with Gasteiger partial charge in [-0.1, -0.05) is 17.5 Å². The van der Waals surface area contributed by atoms with E-state index in [4.69, 9.17) is 18.0 Å². The molecule has 0 N–H and O–H groups in total. The normalized spacial score (nSPS) is 11.7. The maximum absolute atomic E-state index is 6.09. The lowest BCUT2D eigenvalue weighted by atomic mass is 10.2. The fourth-order valence-electron chi connectivity index (χ4n) is 2.13. The Kier molecular flexibility index (Phi) is 3.32. The number of hydrogen-bond acceptors (Lipinski definition) is 1. The second-order valence-electron chi connectivity index (χ2n) is 4.36. The first-order valence-corrected chi connectivity index (χ1v) is 6.56. The molecule has 2 aromatic heterocycles. The zero-order valence-corrected chi connectivity index (χ0v) is 11.5. The Labute approximate surface area is 121 Å². The van der Waals surface area contributed by atoms with E-state index < -0.39 is 0 Å². The lowest BCUT2D eigenvalue weighted by molar-refractivity contribution is 0.835. The molecule has 0 amide bonds. The van der Waals surface area contributed by atoms with Crippen LogP contribution in [0.25, 0.3) is 10.9 Å². The Morgan fingerprint density at radius 1 is 1.15 bits per heavy atom. The number of halogens is 1. The quantitative estimate of drug-likeness (QED) is 0.644. The van der Waals surface area contributed by atoms with Gasteiger partial charge in [0.15, 0.2) is 0 Å². The molecular weight excluding hydrogens is 270 g/mol. The van der Waals surface area contributed by atoms with Crippen LogP contribution in [0.3, 0.4) is 0 Å². The average Bonchev–Trinajstić information content (AvgIpc) is 2.94. The van der Waals surface area contributed by atoms with Crippen molar-refractivity contribution in [1.29, 1.82) is 0 Å². The molecule has 0 atom stereocenters. The highest BCUT2D eigenvalue weighted by atomic mass is 35.5. The summed E-state index contributed by atoms with van der Waals surface area (Å²) in [5.74, 6) is 2.64. The van der Waals surface area contributed by atoms with E-state index in [0.717, 1.165) is 16.3 Å². The molecule has 0 radical (unpaired) electrons. The molecule has 4 heteroatoms. The molecule has 0 bridgehead atoms. The van der Waals surface area contributed by atoms with Gasteiger partial charge in [-0.25, -0.2) is 4.68 Å². The molecule has 3 aromatic rings. The number of nitrogens with zero attached hydrogens (tertiary/aromatic N) is 3. The zero-order chi connectivity index (χ0) is 13.9. The van der Waals surface area contributed by atoms with Crippen molar-refractivity contribution in [2.24, 2.45) is 5.10 Å². The van der Waals surface area contributed by atoms with Gasteiger partial charge in [-0.15, -0.1) is 6.42 Å². The van der Waals surface area contributed by atoms with Crippen LogP contribution in [0.1, 0.15) is 0 Å². The third-order valence-electron chi connectivity index (χ3n) is 3.03. The van der Waals surface area contributed by atoms with Crippen molar-refractivity contribution in [2.75, 3.05) is 0 Å². The molecule has 0 saturated heterocycles. The molecule has 0 fully saturated rings. The second-order valence-corrected chi connectivity index (χ2v) is 4.79. The van der Waals surface area contributed by atoms with Gasteiger partial charge in [0.1, 0.15) is 0 Å². The SMILES string of the molecule is C#CCn1cc/c(=N\n2cccc2)c2ccc(Cl)cc21. The van der Waals surface area contributed by atoms with Crippen molar-refractivity contribution < 1.29 is 0 Å². The highest BCUT2D eigenvalue weighted by Gasteiger charge is 2.02. The topological polar surface area (TPSA) is 22.2 Å². The summed E-state index contributed by atoms with van der Waals surface area (Å²) in [6.07, 6.45) is 11.1. The third kappa shape index (κ3) is 2.34. The van der Waals surface area contributed by atoms with Gasteiger partial charge in [0.2, 0.25) is 0 Å². The molecule has 0 spiro atoms. The van der Waals surface area contributed by atoms with E-state index in [1.165, 1.54) is 0 Å². The van der Waals surface area contributed by atoms with Crippen LogP contribution in [-0.4, -0.2) is 9.24 Å². The first kappa shape index (κ1) is 12.6. The van der Waals surface area contributed by atoms with Crippen LogP contribution in [0.2, 0.25) is 5.02 Å². The Hall–Kier alpha value is -2.44. The van der Waals surface area contributed by atoms with Gasteiger partial charge in [0.05, 0.1) is 17.4 Å². The van der Waals surface area contributed by atoms with Crippen LogP contribution >= 0.6 is 11.6 Å². The van der Waals surface area contributed by atoms with Gasteiger partial charge in [-0.2, -0.15) is 5.10 Å². The molecule has 3 rings (SSSR count). The maximum atomic E-state index is 6.09. The van der Waals surface area contributed by atoms with E-state index in [-0.39, 0.29) is 0 Å². The largest absolute Gasteiger partial charge is 0.336 e. The summed E-state index contributed by atoms with van der Waals surface area (Å²) < 4.78 is 3.75. The zero-order valence-electron chi connectivity index (χ0n) is 10.7. The third-order valence-corrected chi connectivity index (χ3v) is 3.27. The van der Waals surface area contributed by atoms with Gasteiger partial charge in [-0.05, 0) is 36.4 Å². The predicted octanol–water partition coefficient (Wildman–Crippen LogP) is 3.09. The van der Waals surface area contributed by atoms with E-state index in [2.05, 4.69) is 11.0 Å². The van der Waals surface area contributed by atoms with Crippen molar-refractivity contribution in [3.05, 3.63) is 65.4 Å². The summed E-state index contributed by atoms with van der Waals surface area (Å²) in [6, 6.07) is 11.6. The van der Waals surface area contributed by atoms with Gasteiger partial charge in [-0.3, -0.25) is 0 Å². The number of fused-ring (bicyclic) bond motifs is 1. The molecule has 1 aromatic carbocycles. The fraction of sp³-hybridized carbons (Fsp3) is 0.0625. The highest BCUT2D eigenvalue weighted by Crippen LogP contribution is 2.16. The smallest absolute Gasteiger partial charge is 0.0947 e. The van der Waals surface area contributed by atoms with Crippen LogP contribution in [0, 0.1) is 12.3 Å². The van der Waals surface area contributed by atoms with Crippen molar-refractivity contribution in [1.82, 2.24) is 9.24 Å². The summed E-state index contributed by atoms with van der Waals surface area (Å²) in [7, 11) is 0. The van der Waals surface area contributed by atoms with Crippen LogP contribution in [0.4, 0.5) is 0 Å². The summed E-state index contributed by atoms with van der Waals surface area (Å²) >= 11 is 6.09. The van der Waals surface area contributed by atoms with Crippen LogP contribution in [-0.2, 0) is 6.54 Å². The molecule has 0 unspecified atom stereocenters. The van der Waals surface area contributed by atoms with Crippen molar-refractivity contribution in [3.8, 4) is 12.3 Å². The number of terminal acetylenes is 1. The lowest BCUT2D eigenvalue weighted by Crippen LogP contribution is -2.10. The van der Waals surface area contributed by atoms with Crippen molar-refractivity contribution in [2.45, 2.75) is 6.54 Å². The number of aromatic nitrogens is 2. The fourth-order valence-corrected chi connectivity index (χ4v) is 2.30. The minimum atomic E-state index is 0.501. The Morgan fingerprint density at radius 3 is 2.70 bits per heavy atom. The highest BCUT2D eigenvalue weighted by molar-refractivity contribution is 6.31. The van der Waals surface area contributed by atoms with E-state index in [1.807, 2.05) is 59.6 Å². The van der Waals surface area contributed by atoms with Crippen molar-refractivity contribution in [3.63, 3.8) is 0 Å². The van der Waals surface area contributed by atoms with Gasteiger partial charge in [0.25, 0.3) is 0 Å². The molecule has 0 saturated carbocycles. The Morgan fingerprint density at radius 2 is 1.95 bits per heavy atom. The molecule has 2 heterocycles. The second kappa shape index (κ2) is 5.28. The standard InChI is InChI=1S/C16H12ClN3/c1-2-8-19-11-7-15(18-20-9-3-4-10-20)14-6-5-13(17)12-16(14)19/h1,3-7,9-12H,8H2/b18-15+. The number of pyridine rings is 1. The lowest BCUT2D eigenvalue weighted by Gasteiger charge is -2.08. The van der Waals surface area contributed by atoms with E-state index >= 15 is 0 Å². The van der Waals surface area contributed by atoms with E-state index in [0.29, 0.717) is 11.6 Å².